The molecule has 1 fully saturated rings. The molecule has 0 saturated carbocycles. The smallest absolute Gasteiger partial charge is 0.260 e. The van der Waals surface area contributed by atoms with E-state index in [1.807, 2.05) is 37.3 Å². The van der Waals surface area contributed by atoms with Crippen LogP contribution >= 0.6 is 12.4 Å². The molecule has 3 rings (SSSR count). The molecule has 0 radical (unpaired) electrons. The van der Waals surface area contributed by atoms with E-state index in [0.717, 1.165) is 5.56 Å². The molecule has 1 heterocycles. The number of carbonyl (C=O) groups is 2. The summed E-state index contributed by atoms with van der Waals surface area (Å²) in [6.45, 7) is 3.55. The van der Waals surface area contributed by atoms with E-state index in [9.17, 15) is 14.0 Å². The molecule has 0 bridgehead atoms. The lowest BCUT2D eigenvalue weighted by Gasteiger charge is -2.36. The van der Waals surface area contributed by atoms with Gasteiger partial charge in [0.1, 0.15) is 11.6 Å². The van der Waals surface area contributed by atoms with Gasteiger partial charge in [-0.3, -0.25) is 9.59 Å². The highest BCUT2D eigenvalue weighted by atomic mass is 35.5. The fraction of sp³-hybridized carbons (Fsp3) is 0.364. The number of carbonyl (C=O) groups excluding carboxylic acids is 2. The van der Waals surface area contributed by atoms with Crippen molar-refractivity contribution in [2.24, 2.45) is 11.7 Å². The number of hydrogen-bond acceptors (Lipinski definition) is 4. The van der Waals surface area contributed by atoms with Crippen molar-refractivity contribution in [2.75, 3.05) is 32.8 Å². The van der Waals surface area contributed by atoms with Crippen molar-refractivity contribution < 1.29 is 18.7 Å². The Morgan fingerprint density at radius 3 is 2.17 bits per heavy atom. The van der Waals surface area contributed by atoms with Crippen LogP contribution in [0.15, 0.2) is 54.6 Å². The summed E-state index contributed by atoms with van der Waals surface area (Å²) >= 11 is 0. The lowest BCUT2D eigenvalue weighted by Crippen LogP contribution is -2.53. The zero-order valence-electron chi connectivity index (χ0n) is 16.9. The van der Waals surface area contributed by atoms with Crippen molar-refractivity contribution in [1.29, 1.82) is 0 Å². The Morgan fingerprint density at radius 1 is 1.00 bits per heavy atom. The van der Waals surface area contributed by atoms with Gasteiger partial charge in [0.25, 0.3) is 5.91 Å². The molecular weight excluding hydrogens is 409 g/mol. The van der Waals surface area contributed by atoms with Gasteiger partial charge in [-0.05, 0) is 29.8 Å². The maximum absolute atomic E-state index is 12.9. The predicted octanol–water partition coefficient (Wildman–Crippen LogP) is 2.63. The van der Waals surface area contributed by atoms with E-state index in [1.54, 1.807) is 9.80 Å². The highest BCUT2D eigenvalue weighted by molar-refractivity contribution is 5.85. The van der Waals surface area contributed by atoms with Crippen LogP contribution in [0.25, 0.3) is 0 Å². The van der Waals surface area contributed by atoms with Crippen molar-refractivity contribution >= 4 is 24.2 Å². The van der Waals surface area contributed by atoms with E-state index in [1.165, 1.54) is 24.3 Å². The van der Waals surface area contributed by atoms with Gasteiger partial charge in [-0.1, -0.05) is 37.3 Å². The van der Waals surface area contributed by atoms with Crippen molar-refractivity contribution in [2.45, 2.75) is 13.0 Å². The number of nitrogens with zero attached hydrogens (tertiary/aromatic N) is 2. The molecule has 0 aromatic heterocycles. The molecule has 2 amide bonds. The van der Waals surface area contributed by atoms with Crippen LogP contribution in [0.5, 0.6) is 5.75 Å². The first-order valence-electron chi connectivity index (χ1n) is 9.71. The number of ether oxygens (including phenoxy) is 1. The van der Waals surface area contributed by atoms with E-state index in [4.69, 9.17) is 10.5 Å². The lowest BCUT2D eigenvalue weighted by atomic mass is 9.94. The quantitative estimate of drug-likeness (QED) is 0.756. The maximum Gasteiger partial charge on any atom is 0.260 e. The molecule has 1 saturated heterocycles. The highest BCUT2D eigenvalue weighted by Crippen LogP contribution is 2.21. The van der Waals surface area contributed by atoms with Crippen LogP contribution < -0.4 is 10.5 Å². The zero-order chi connectivity index (χ0) is 20.8. The molecule has 2 aromatic rings. The summed E-state index contributed by atoms with van der Waals surface area (Å²) in [5.74, 6) is -0.420. The fourth-order valence-corrected chi connectivity index (χ4v) is 3.35. The molecule has 162 valence electrons. The number of piperazine rings is 1. The van der Waals surface area contributed by atoms with Crippen molar-refractivity contribution in [1.82, 2.24) is 9.80 Å². The summed E-state index contributed by atoms with van der Waals surface area (Å²) in [5.41, 5.74) is 7.20. The third-order valence-electron chi connectivity index (χ3n) is 5.23. The number of benzene rings is 2. The van der Waals surface area contributed by atoms with Crippen LogP contribution in [0, 0.1) is 11.7 Å². The first kappa shape index (κ1) is 23.6. The molecule has 30 heavy (non-hydrogen) atoms. The molecule has 8 heteroatoms. The average Bonchev–Trinajstić information content (AvgIpc) is 2.77. The lowest BCUT2D eigenvalue weighted by molar-refractivity contribution is -0.143. The Morgan fingerprint density at radius 2 is 1.57 bits per heavy atom. The Hall–Kier alpha value is -2.64. The normalized spacial score (nSPS) is 15.7. The molecule has 2 aromatic carbocycles. The second kappa shape index (κ2) is 10.9. The fourth-order valence-electron chi connectivity index (χ4n) is 3.35. The number of hydrogen-bond donors (Lipinski definition) is 1. The van der Waals surface area contributed by atoms with E-state index in [-0.39, 0.29) is 48.6 Å². The van der Waals surface area contributed by atoms with Crippen LogP contribution in [0.2, 0.25) is 0 Å². The molecule has 0 spiro atoms. The van der Waals surface area contributed by atoms with Gasteiger partial charge in [0, 0.05) is 32.2 Å². The molecule has 2 unspecified atom stereocenters. The van der Waals surface area contributed by atoms with Crippen LogP contribution in [-0.4, -0.2) is 54.4 Å². The zero-order valence-corrected chi connectivity index (χ0v) is 17.7. The summed E-state index contributed by atoms with van der Waals surface area (Å²) in [5, 5.41) is 0. The van der Waals surface area contributed by atoms with Gasteiger partial charge >= 0.3 is 0 Å². The molecule has 1 aliphatic rings. The van der Waals surface area contributed by atoms with Gasteiger partial charge in [0.05, 0.1) is 5.92 Å². The third kappa shape index (κ3) is 5.93. The summed E-state index contributed by atoms with van der Waals surface area (Å²) in [7, 11) is 0. The monoisotopic (exact) mass is 435 g/mol. The number of amides is 2. The second-order valence-corrected chi connectivity index (χ2v) is 7.17. The topological polar surface area (TPSA) is 75.9 Å². The molecule has 1 aliphatic heterocycles. The molecular formula is C22H27ClFN3O3. The van der Waals surface area contributed by atoms with Gasteiger partial charge in [-0.2, -0.15) is 0 Å². The SMILES string of the molecule is CC(C(=O)N1CCN(C(=O)COc2ccc(F)cc2)CC1)C(N)c1ccccc1.Cl. The van der Waals surface area contributed by atoms with Crippen LogP contribution in [0.3, 0.4) is 0 Å². The Labute approximate surface area is 182 Å². The van der Waals surface area contributed by atoms with Gasteiger partial charge in [-0.25, -0.2) is 4.39 Å². The minimum Gasteiger partial charge on any atom is -0.484 e. The molecule has 6 nitrogen and oxygen atoms in total. The first-order valence-corrected chi connectivity index (χ1v) is 9.71. The number of rotatable bonds is 6. The van der Waals surface area contributed by atoms with Crippen LogP contribution in [0.1, 0.15) is 18.5 Å². The predicted molar refractivity (Wildman–Crippen MR) is 115 cm³/mol. The van der Waals surface area contributed by atoms with E-state index >= 15 is 0 Å². The average molecular weight is 436 g/mol. The minimum absolute atomic E-state index is 0. The molecule has 0 aliphatic carbocycles. The van der Waals surface area contributed by atoms with Crippen LogP contribution in [0.4, 0.5) is 4.39 Å². The van der Waals surface area contributed by atoms with E-state index < -0.39 is 0 Å². The van der Waals surface area contributed by atoms with E-state index in [0.29, 0.717) is 31.9 Å². The second-order valence-electron chi connectivity index (χ2n) is 7.17. The van der Waals surface area contributed by atoms with Crippen LogP contribution in [-0.2, 0) is 9.59 Å². The van der Waals surface area contributed by atoms with Crippen molar-refractivity contribution in [3.63, 3.8) is 0 Å². The van der Waals surface area contributed by atoms with E-state index in [2.05, 4.69) is 0 Å². The van der Waals surface area contributed by atoms with Crippen molar-refractivity contribution in [3.8, 4) is 5.75 Å². The number of nitrogens with two attached hydrogens (primary N) is 1. The van der Waals surface area contributed by atoms with Gasteiger partial charge < -0.3 is 20.3 Å². The summed E-state index contributed by atoms with van der Waals surface area (Å²) in [6, 6.07) is 14.7. The molecule has 2 atom stereocenters. The number of halogens is 2. The van der Waals surface area contributed by atoms with Gasteiger partial charge in [0.15, 0.2) is 6.61 Å². The highest BCUT2D eigenvalue weighted by Gasteiger charge is 2.30. The Balaban J connectivity index is 0.00000320. The summed E-state index contributed by atoms with van der Waals surface area (Å²) < 4.78 is 18.3. The van der Waals surface area contributed by atoms with Gasteiger partial charge in [-0.15, -0.1) is 12.4 Å². The maximum atomic E-state index is 12.9. The van der Waals surface area contributed by atoms with Crippen molar-refractivity contribution in [3.05, 3.63) is 66.0 Å². The summed E-state index contributed by atoms with van der Waals surface area (Å²) in [4.78, 5) is 28.6. The Kier molecular flexibility index (Phi) is 8.62. The third-order valence-corrected chi connectivity index (χ3v) is 5.23. The first-order chi connectivity index (χ1) is 14.0. The Bertz CT molecular complexity index is 827. The largest absolute Gasteiger partial charge is 0.484 e. The minimum atomic E-state index is -0.368. The van der Waals surface area contributed by atoms with Gasteiger partial charge in [0.2, 0.25) is 5.91 Å². The summed E-state index contributed by atoms with van der Waals surface area (Å²) in [6.07, 6.45) is 0. The molecule has 2 N–H and O–H groups in total. The standard InChI is InChI=1S/C22H26FN3O3.ClH/c1-16(21(24)17-5-3-2-4-6-17)22(28)26-13-11-25(12-14-26)20(27)15-29-19-9-7-18(23)8-10-19;/h2-10,16,21H,11-15,24H2,1H3;1H.